The molecule has 0 bridgehead atoms. The molecule has 0 saturated carbocycles. The van der Waals surface area contributed by atoms with Crippen molar-refractivity contribution >= 4 is 23.4 Å². The number of carbonyl (C=O) groups is 1. The van der Waals surface area contributed by atoms with E-state index >= 15 is 0 Å². The van der Waals surface area contributed by atoms with E-state index in [9.17, 15) is 4.79 Å². The molecular formula is C15H16N6O2S. The van der Waals surface area contributed by atoms with Crippen molar-refractivity contribution in [1.82, 2.24) is 25.4 Å². The van der Waals surface area contributed by atoms with Crippen LogP contribution in [0.2, 0.25) is 0 Å². The Morgan fingerprint density at radius 3 is 2.71 bits per heavy atom. The average Bonchev–Trinajstić information content (AvgIpc) is 3.21. The van der Waals surface area contributed by atoms with Crippen LogP contribution in [0.4, 0.5) is 5.69 Å². The minimum Gasteiger partial charge on any atom is -0.361 e. The molecule has 2 heterocycles. The number of hydrogen-bond donors (Lipinski definition) is 1. The molecule has 0 saturated heterocycles. The highest BCUT2D eigenvalue weighted by atomic mass is 32.2. The monoisotopic (exact) mass is 344 g/mol. The quantitative estimate of drug-likeness (QED) is 0.731. The van der Waals surface area contributed by atoms with Crippen LogP contribution < -0.4 is 5.32 Å². The number of carbonyl (C=O) groups excluding carboxylic acids is 1. The third-order valence-corrected chi connectivity index (χ3v) is 4.38. The van der Waals surface area contributed by atoms with Crippen molar-refractivity contribution in [2.75, 3.05) is 11.1 Å². The molecule has 0 unspecified atom stereocenters. The van der Waals surface area contributed by atoms with E-state index in [4.69, 9.17) is 4.52 Å². The second-order valence-electron chi connectivity index (χ2n) is 5.14. The maximum Gasteiger partial charge on any atom is 0.234 e. The molecule has 1 amide bonds. The maximum atomic E-state index is 12.0. The van der Waals surface area contributed by atoms with Crippen molar-refractivity contribution in [1.29, 1.82) is 0 Å². The summed E-state index contributed by atoms with van der Waals surface area (Å²) in [6.07, 6.45) is 1.51. The highest BCUT2D eigenvalue weighted by Crippen LogP contribution is 2.20. The van der Waals surface area contributed by atoms with E-state index in [1.165, 1.54) is 18.1 Å². The van der Waals surface area contributed by atoms with E-state index < -0.39 is 0 Å². The Kier molecular flexibility index (Phi) is 4.90. The highest BCUT2D eigenvalue weighted by molar-refractivity contribution is 7.99. The van der Waals surface area contributed by atoms with Gasteiger partial charge in [-0.05, 0) is 48.5 Å². The second kappa shape index (κ2) is 7.26. The summed E-state index contributed by atoms with van der Waals surface area (Å²) in [5.41, 5.74) is 3.48. The standard InChI is InChI=1S/C15H16N6O2S/c1-10-14(11(2)23-18-10)7-24-8-15(22)17-12-3-5-13(6-4-12)21-9-16-19-20-21/h3-6,9H,7-8H2,1-2H3,(H,17,22). The van der Waals surface area contributed by atoms with Crippen LogP contribution in [0.5, 0.6) is 0 Å². The van der Waals surface area contributed by atoms with Gasteiger partial charge in [0.15, 0.2) is 0 Å². The van der Waals surface area contributed by atoms with Crippen LogP contribution >= 0.6 is 11.8 Å². The smallest absolute Gasteiger partial charge is 0.234 e. The van der Waals surface area contributed by atoms with Gasteiger partial charge in [-0.3, -0.25) is 4.79 Å². The number of thioether (sulfide) groups is 1. The van der Waals surface area contributed by atoms with Crippen molar-refractivity contribution in [3.05, 3.63) is 47.6 Å². The molecule has 0 aliphatic heterocycles. The predicted molar refractivity (Wildman–Crippen MR) is 89.9 cm³/mol. The highest BCUT2D eigenvalue weighted by Gasteiger charge is 2.10. The maximum absolute atomic E-state index is 12.0. The number of hydrogen-bond acceptors (Lipinski definition) is 7. The molecule has 1 N–H and O–H groups in total. The number of tetrazole rings is 1. The Hall–Kier alpha value is -2.68. The van der Waals surface area contributed by atoms with Crippen LogP contribution in [0.15, 0.2) is 35.1 Å². The van der Waals surface area contributed by atoms with Crippen LogP contribution in [0.1, 0.15) is 17.0 Å². The Balaban J connectivity index is 1.50. The normalized spacial score (nSPS) is 10.8. The Labute approximate surface area is 142 Å². The summed E-state index contributed by atoms with van der Waals surface area (Å²) >= 11 is 1.53. The number of benzene rings is 1. The molecular weight excluding hydrogens is 328 g/mol. The van der Waals surface area contributed by atoms with Gasteiger partial charge >= 0.3 is 0 Å². The molecule has 1 aromatic carbocycles. The van der Waals surface area contributed by atoms with Crippen molar-refractivity contribution in [2.45, 2.75) is 19.6 Å². The summed E-state index contributed by atoms with van der Waals surface area (Å²) in [6.45, 7) is 3.78. The van der Waals surface area contributed by atoms with Gasteiger partial charge in [-0.15, -0.1) is 16.9 Å². The summed E-state index contributed by atoms with van der Waals surface area (Å²) < 4.78 is 6.66. The Bertz CT molecular complexity index is 794. The van der Waals surface area contributed by atoms with Gasteiger partial charge in [0.25, 0.3) is 0 Å². The molecule has 0 spiro atoms. The number of aromatic nitrogens is 5. The number of aryl methyl sites for hydroxylation is 2. The van der Waals surface area contributed by atoms with Gasteiger partial charge in [0.1, 0.15) is 12.1 Å². The lowest BCUT2D eigenvalue weighted by Crippen LogP contribution is -2.14. The van der Waals surface area contributed by atoms with Crippen LogP contribution in [0, 0.1) is 13.8 Å². The average molecular weight is 344 g/mol. The summed E-state index contributed by atoms with van der Waals surface area (Å²) in [6, 6.07) is 7.30. The number of nitrogens with zero attached hydrogens (tertiary/aromatic N) is 5. The summed E-state index contributed by atoms with van der Waals surface area (Å²) in [5.74, 6) is 1.81. The van der Waals surface area contributed by atoms with Crippen molar-refractivity contribution in [3.8, 4) is 5.69 Å². The zero-order chi connectivity index (χ0) is 16.9. The number of rotatable bonds is 6. The third kappa shape index (κ3) is 3.80. The second-order valence-corrected chi connectivity index (χ2v) is 6.13. The van der Waals surface area contributed by atoms with Gasteiger partial charge in [-0.25, -0.2) is 4.68 Å². The zero-order valence-corrected chi connectivity index (χ0v) is 14.1. The van der Waals surface area contributed by atoms with E-state index in [0.717, 1.165) is 28.4 Å². The Morgan fingerprint density at radius 1 is 1.29 bits per heavy atom. The molecule has 8 nitrogen and oxygen atoms in total. The zero-order valence-electron chi connectivity index (χ0n) is 13.3. The topological polar surface area (TPSA) is 98.7 Å². The van der Waals surface area contributed by atoms with Gasteiger partial charge in [-0.2, -0.15) is 0 Å². The molecule has 2 aromatic heterocycles. The third-order valence-electron chi connectivity index (χ3n) is 3.43. The molecule has 24 heavy (non-hydrogen) atoms. The van der Waals surface area contributed by atoms with Crippen LogP contribution in [-0.2, 0) is 10.5 Å². The molecule has 0 atom stereocenters. The van der Waals surface area contributed by atoms with Crippen molar-refractivity contribution < 1.29 is 9.32 Å². The fraction of sp³-hybridized carbons (Fsp3) is 0.267. The van der Waals surface area contributed by atoms with Gasteiger partial charge < -0.3 is 9.84 Å². The first kappa shape index (κ1) is 16.2. The van der Waals surface area contributed by atoms with E-state index in [1.807, 2.05) is 38.1 Å². The van der Waals surface area contributed by atoms with Crippen molar-refractivity contribution in [3.63, 3.8) is 0 Å². The number of nitrogens with one attached hydrogen (secondary N) is 1. The lowest BCUT2D eigenvalue weighted by atomic mass is 10.2. The van der Waals surface area contributed by atoms with Crippen LogP contribution in [-0.4, -0.2) is 37.0 Å². The lowest BCUT2D eigenvalue weighted by Gasteiger charge is -2.06. The minimum absolute atomic E-state index is 0.0538. The van der Waals surface area contributed by atoms with Gasteiger partial charge in [0.2, 0.25) is 5.91 Å². The molecule has 0 aliphatic rings. The molecule has 0 radical (unpaired) electrons. The first-order valence-corrected chi connectivity index (χ1v) is 8.41. The number of amides is 1. The molecule has 3 aromatic rings. The summed E-state index contributed by atoms with van der Waals surface area (Å²) in [4.78, 5) is 12.0. The van der Waals surface area contributed by atoms with Crippen LogP contribution in [0.3, 0.4) is 0 Å². The summed E-state index contributed by atoms with van der Waals surface area (Å²) in [5, 5.41) is 17.7. The van der Waals surface area contributed by atoms with E-state index in [-0.39, 0.29) is 5.91 Å². The Morgan fingerprint density at radius 2 is 2.08 bits per heavy atom. The first-order valence-electron chi connectivity index (χ1n) is 7.26. The van der Waals surface area contributed by atoms with E-state index in [0.29, 0.717) is 11.5 Å². The fourth-order valence-electron chi connectivity index (χ4n) is 2.13. The van der Waals surface area contributed by atoms with Crippen LogP contribution in [0.25, 0.3) is 5.69 Å². The van der Waals surface area contributed by atoms with E-state index in [2.05, 4.69) is 26.0 Å². The van der Waals surface area contributed by atoms with Gasteiger partial charge in [-0.1, -0.05) is 5.16 Å². The van der Waals surface area contributed by atoms with Crippen molar-refractivity contribution in [2.24, 2.45) is 0 Å². The SMILES string of the molecule is Cc1noc(C)c1CSCC(=O)Nc1ccc(-n2cnnn2)cc1. The first-order chi connectivity index (χ1) is 11.6. The lowest BCUT2D eigenvalue weighted by molar-refractivity contribution is -0.113. The number of anilines is 1. The molecule has 0 aliphatic carbocycles. The molecule has 9 heteroatoms. The van der Waals surface area contributed by atoms with E-state index in [1.54, 1.807) is 4.68 Å². The summed E-state index contributed by atoms with van der Waals surface area (Å²) in [7, 11) is 0. The molecule has 3 rings (SSSR count). The van der Waals surface area contributed by atoms with Gasteiger partial charge in [0.05, 0.1) is 17.1 Å². The molecule has 0 fully saturated rings. The molecule has 124 valence electrons. The van der Waals surface area contributed by atoms with Gasteiger partial charge in [0, 0.05) is 17.0 Å². The minimum atomic E-state index is -0.0538. The largest absolute Gasteiger partial charge is 0.361 e. The predicted octanol–water partition coefficient (Wildman–Crippen LogP) is 2.14. The fourth-order valence-corrected chi connectivity index (χ4v) is 3.10.